The van der Waals surface area contributed by atoms with Gasteiger partial charge in [0.25, 0.3) is 0 Å². The van der Waals surface area contributed by atoms with Crippen molar-refractivity contribution in [3.8, 4) is 17.2 Å². The minimum absolute atomic E-state index is 0.0603. The molecule has 2 fully saturated rings. The van der Waals surface area contributed by atoms with E-state index in [9.17, 15) is 19.2 Å². The van der Waals surface area contributed by atoms with Crippen LogP contribution in [0.1, 0.15) is 43.2 Å². The van der Waals surface area contributed by atoms with Gasteiger partial charge in [0, 0.05) is 68.0 Å². The van der Waals surface area contributed by atoms with Gasteiger partial charge in [-0.05, 0) is 49.8 Å². The number of rotatable bonds is 8. The molecule has 0 unspecified atom stereocenters. The van der Waals surface area contributed by atoms with Gasteiger partial charge >= 0.3 is 6.03 Å². The highest BCUT2D eigenvalue weighted by atomic mass is 32.3. The second kappa shape index (κ2) is 14.4. The number of nitriles is 1. The van der Waals surface area contributed by atoms with E-state index in [4.69, 9.17) is 9.97 Å². The van der Waals surface area contributed by atoms with Crippen LogP contribution in [0.15, 0.2) is 67.3 Å². The molecule has 0 atom stereocenters. The van der Waals surface area contributed by atoms with Gasteiger partial charge in [-0.1, -0.05) is 30.3 Å². The van der Waals surface area contributed by atoms with Crippen LogP contribution in [0.25, 0.3) is 11.1 Å². The maximum absolute atomic E-state index is 13.7. The zero-order valence-electron chi connectivity index (χ0n) is 26.4. The first-order valence-electron chi connectivity index (χ1n) is 15.9. The molecule has 4 aromatic rings. The molecule has 2 aliphatic rings. The lowest BCUT2D eigenvalue weighted by Crippen LogP contribution is -2.49. The molecule has 0 spiro atoms. The fourth-order valence-electron chi connectivity index (χ4n) is 6.18. The van der Waals surface area contributed by atoms with E-state index in [2.05, 4.69) is 26.8 Å². The minimum Gasteiger partial charge on any atom is -0.354 e. The summed E-state index contributed by atoms with van der Waals surface area (Å²) < 4.78 is 22.1. The summed E-state index contributed by atoms with van der Waals surface area (Å²) in [6.45, 7) is 1.42. The standard InChI is InChI=1S/C33H40N10O3S/c1-41-23-27(22-38-41)25-8-13-30(35-20-25)43(33(44)37-19-24-6-3-2-4-7-24)29-11-9-28(10-12-29)39-32-36-21-26(18-34)31(40-32)42-14-5-16-47(45,46)17-15-42/h2-4,6-8,13,20-23,28-29,45-46H,5,9-12,14-17,19H2,1H3,(H,37,44)(H,36,39,40). The highest BCUT2D eigenvalue weighted by molar-refractivity contribution is 8.24. The van der Waals surface area contributed by atoms with E-state index in [1.807, 2.05) is 60.6 Å². The minimum atomic E-state index is -2.61. The van der Waals surface area contributed by atoms with E-state index in [1.54, 1.807) is 22.0 Å². The number of pyridine rings is 1. The predicted octanol–water partition coefficient (Wildman–Crippen LogP) is 5.24. The molecule has 1 aromatic carbocycles. The number of urea groups is 1. The van der Waals surface area contributed by atoms with E-state index in [0.717, 1.165) is 42.4 Å². The topological polar surface area (TPSA) is 168 Å². The number of aromatic nitrogens is 5. The van der Waals surface area contributed by atoms with Crippen LogP contribution in [0.3, 0.4) is 0 Å². The number of nitrogens with one attached hydrogen (secondary N) is 2. The van der Waals surface area contributed by atoms with E-state index >= 15 is 0 Å². The third-order valence-corrected chi connectivity index (χ3v) is 10.5. The quantitative estimate of drug-likeness (QED) is 0.197. The smallest absolute Gasteiger partial charge is 0.323 e. The number of hydrogen-bond donors (Lipinski definition) is 4. The van der Waals surface area contributed by atoms with Crippen molar-refractivity contribution in [1.29, 1.82) is 5.26 Å². The first kappa shape index (κ1) is 32.2. The van der Waals surface area contributed by atoms with Crippen molar-refractivity contribution in [2.45, 2.75) is 50.7 Å². The van der Waals surface area contributed by atoms with Gasteiger partial charge < -0.3 is 15.5 Å². The molecule has 0 bridgehead atoms. The van der Waals surface area contributed by atoms with Crippen LogP contribution < -0.4 is 20.4 Å². The van der Waals surface area contributed by atoms with Gasteiger partial charge in [-0.3, -0.25) is 18.7 Å². The van der Waals surface area contributed by atoms with Crippen molar-refractivity contribution in [2.24, 2.45) is 7.05 Å². The number of aryl methyl sites for hydroxylation is 1. The second-order valence-electron chi connectivity index (χ2n) is 12.1. The molecule has 2 amide bonds. The molecule has 3 aromatic heterocycles. The third-order valence-electron chi connectivity index (χ3n) is 8.71. The predicted molar refractivity (Wildman–Crippen MR) is 183 cm³/mol. The van der Waals surface area contributed by atoms with Gasteiger partial charge in [-0.25, -0.2) is 14.8 Å². The summed E-state index contributed by atoms with van der Waals surface area (Å²) >= 11 is 0. The fraction of sp³-hybridized carbons (Fsp3) is 0.394. The third kappa shape index (κ3) is 7.99. The Morgan fingerprint density at radius 3 is 2.53 bits per heavy atom. The van der Waals surface area contributed by atoms with Gasteiger partial charge in [0.15, 0.2) is 5.82 Å². The van der Waals surface area contributed by atoms with Crippen molar-refractivity contribution in [3.05, 3.63) is 78.4 Å². The average molecular weight is 657 g/mol. The Morgan fingerprint density at radius 1 is 1.02 bits per heavy atom. The summed E-state index contributed by atoms with van der Waals surface area (Å²) in [5, 5.41) is 20.5. The Hall–Kier alpha value is -4.71. The lowest BCUT2D eigenvalue weighted by molar-refractivity contribution is 0.240. The van der Waals surface area contributed by atoms with Crippen molar-refractivity contribution in [1.82, 2.24) is 30.0 Å². The summed E-state index contributed by atoms with van der Waals surface area (Å²) in [6.07, 6.45) is 10.7. The summed E-state index contributed by atoms with van der Waals surface area (Å²) in [4.78, 5) is 31.3. The molecule has 1 aliphatic carbocycles. The lowest BCUT2D eigenvalue weighted by Gasteiger charge is -2.36. The Bertz CT molecular complexity index is 1700. The molecule has 47 heavy (non-hydrogen) atoms. The Kier molecular flexibility index (Phi) is 9.86. The summed E-state index contributed by atoms with van der Waals surface area (Å²) in [6, 6.07) is 15.7. The van der Waals surface area contributed by atoms with Crippen LogP contribution in [-0.4, -0.2) is 76.5 Å². The van der Waals surface area contributed by atoms with Gasteiger partial charge in [-0.15, -0.1) is 0 Å². The maximum Gasteiger partial charge on any atom is 0.323 e. The first-order chi connectivity index (χ1) is 22.8. The Morgan fingerprint density at radius 2 is 1.83 bits per heavy atom. The molecule has 1 saturated carbocycles. The van der Waals surface area contributed by atoms with Crippen LogP contribution in [0.2, 0.25) is 0 Å². The molecule has 0 radical (unpaired) electrons. The zero-order valence-corrected chi connectivity index (χ0v) is 27.2. The highest BCUT2D eigenvalue weighted by Crippen LogP contribution is 2.41. The highest BCUT2D eigenvalue weighted by Gasteiger charge is 2.31. The molecular formula is C33H40N10O3S. The molecule has 13 nitrogen and oxygen atoms in total. The molecule has 4 N–H and O–H groups in total. The number of carbonyl (C=O) groups is 1. The Balaban J connectivity index is 1.14. The Labute approximate surface area is 276 Å². The molecule has 14 heteroatoms. The summed E-state index contributed by atoms with van der Waals surface area (Å²) in [7, 11) is -0.736. The monoisotopic (exact) mass is 656 g/mol. The van der Waals surface area contributed by atoms with Crippen molar-refractivity contribution in [3.63, 3.8) is 0 Å². The van der Waals surface area contributed by atoms with Crippen LogP contribution in [0, 0.1) is 11.3 Å². The number of hydrogen-bond acceptors (Lipinski definition) is 10. The molecule has 246 valence electrons. The average Bonchev–Trinajstić information content (AvgIpc) is 3.44. The van der Waals surface area contributed by atoms with Gasteiger partial charge in [0.05, 0.1) is 18.1 Å². The molecular weight excluding hydrogens is 616 g/mol. The van der Waals surface area contributed by atoms with Crippen LogP contribution in [0.5, 0.6) is 0 Å². The van der Waals surface area contributed by atoms with Gasteiger partial charge in [-0.2, -0.15) is 25.9 Å². The van der Waals surface area contributed by atoms with E-state index in [0.29, 0.717) is 55.0 Å². The number of benzene rings is 1. The van der Waals surface area contributed by atoms with Crippen molar-refractivity contribution < 1.29 is 13.9 Å². The van der Waals surface area contributed by atoms with Crippen LogP contribution >= 0.6 is 10.6 Å². The van der Waals surface area contributed by atoms with E-state index in [1.165, 1.54) is 6.20 Å². The molecule has 4 heterocycles. The zero-order chi connectivity index (χ0) is 32.8. The van der Waals surface area contributed by atoms with E-state index < -0.39 is 10.6 Å². The number of amides is 2. The van der Waals surface area contributed by atoms with Gasteiger partial charge in [0.2, 0.25) is 5.95 Å². The van der Waals surface area contributed by atoms with E-state index in [-0.39, 0.29) is 23.9 Å². The summed E-state index contributed by atoms with van der Waals surface area (Å²) in [5.74, 6) is 2.15. The van der Waals surface area contributed by atoms with Gasteiger partial charge in [0.1, 0.15) is 17.5 Å². The molecule has 6 rings (SSSR count). The van der Waals surface area contributed by atoms with Crippen LogP contribution in [0.4, 0.5) is 22.4 Å². The van der Waals surface area contributed by atoms with Crippen LogP contribution in [-0.2, 0) is 13.6 Å². The fourth-order valence-corrected chi connectivity index (χ4v) is 7.49. The molecule has 1 saturated heterocycles. The normalized spacial score (nSPS) is 20.0. The summed E-state index contributed by atoms with van der Waals surface area (Å²) in [5.41, 5.74) is 3.26. The lowest BCUT2D eigenvalue weighted by atomic mass is 9.90. The second-order valence-corrected chi connectivity index (χ2v) is 14.5. The first-order valence-corrected chi connectivity index (χ1v) is 17.7. The van der Waals surface area contributed by atoms with Crippen molar-refractivity contribution >= 4 is 34.2 Å². The maximum atomic E-state index is 13.7. The SMILES string of the molecule is Cn1cc(-c2ccc(N(C(=O)NCc3ccccc3)C3CCC(Nc4ncc(C#N)c(N5CCCS(O)(O)CC5)n4)CC3)nc2)cn1. The van der Waals surface area contributed by atoms with Crippen molar-refractivity contribution in [2.75, 3.05) is 39.7 Å². The number of carbonyl (C=O) groups excluding carboxylic acids is 1. The number of anilines is 3. The molecule has 1 aliphatic heterocycles. The number of nitrogens with zero attached hydrogens (tertiary/aromatic N) is 8. The largest absolute Gasteiger partial charge is 0.354 e.